The first-order chi connectivity index (χ1) is 12.9. The van der Waals surface area contributed by atoms with E-state index >= 15 is 0 Å². The molecule has 2 aromatic rings. The lowest BCUT2D eigenvalue weighted by Crippen LogP contribution is -2.30. The Morgan fingerprint density at radius 3 is 2.29 bits per heavy atom. The third-order valence-corrected chi connectivity index (χ3v) is 6.61. The third-order valence-electron chi connectivity index (χ3n) is 4.38. The molecule has 0 saturated carbocycles. The molecule has 1 saturated heterocycles. The monoisotopic (exact) mass is 425 g/mol. The van der Waals surface area contributed by atoms with Crippen LogP contribution in [0, 0.1) is 0 Å². The Morgan fingerprint density at radius 2 is 1.64 bits per heavy atom. The van der Waals surface area contributed by atoms with Crippen molar-refractivity contribution in [3.8, 4) is 0 Å². The smallest absolute Gasteiger partial charge is 0.355 e. The average molecular weight is 425 g/mol. The molecule has 0 N–H and O–H groups in total. The van der Waals surface area contributed by atoms with Gasteiger partial charge in [0.05, 0.1) is 15.7 Å². The zero-order valence-electron chi connectivity index (χ0n) is 14.0. The van der Waals surface area contributed by atoms with Crippen molar-refractivity contribution in [3.05, 3.63) is 47.9 Å². The minimum absolute atomic E-state index is 0.0990. The summed E-state index contributed by atoms with van der Waals surface area (Å²) >= 11 is 0. The van der Waals surface area contributed by atoms with Crippen molar-refractivity contribution >= 4 is 15.7 Å². The molecular weight excluding hydrogens is 412 g/mol. The Labute approximate surface area is 155 Å². The van der Waals surface area contributed by atoms with Crippen LogP contribution in [0.5, 0.6) is 0 Å². The Bertz CT molecular complexity index is 975. The van der Waals surface area contributed by atoms with E-state index in [0.717, 1.165) is 23.4 Å². The van der Waals surface area contributed by atoms with E-state index in [2.05, 4.69) is 9.97 Å². The Kier molecular flexibility index (Phi) is 5.02. The van der Waals surface area contributed by atoms with Crippen molar-refractivity contribution in [2.24, 2.45) is 0 Å². The molecule has 0 radical (unpaired) electrons. The predicted molar refractivity (Wildman–Crippen MR) is 86.3 cm³/mol. The topological polar surface area (TPSA) is 63.2 Å². The molecule has 28 heavy (non-hydrogen) atoms. The van der Waals surface area contributed by atoms with Gasteiger partial charge < -0.3 is 4.90 Å². The highest BCUT2D eigenvalue weighted by molar-refractivity contribution is 7.92. The second-order valence-electron chi connectivity index (χ2n) is 6.15. The van der Waals surface area contributed by atoms with Crippen molar-refractivity contribution in [3.63, 3.8) is 0 Å². The van der Waals surface area contributed by atoms with Gasteiger partial charge in [-0.3, -0.25) is 0 Å². The Morgan fingerprint density at radius 1 is 1.00 bits per heavy atom. The van der Waals surface area contributed by atoms with Crippen LogP contribution in [0.15, 0.2) is 41.7 Å². The molecule has 1 aromatic carbocycles. The number of sulfone groups is 1. The Hall–Kier alpha value is -2.37. The van der Waals surface area contributed by atoms with E-state index in [1.54, 1.807) is 0 Å². The standard InChI is InChI=1S/C16H13F6N3O2S/c17-15(18,19)11-3-1-2-4-13(11)28(26,27)10-5-6-25(8-10)14-12(16(20,21)22)7-23-9-24-14/h1-4,7,9-10H,5-6,8H2/t10-/m0/s1. The van der Waals surface area contributed by atoms with Crippen LogP contribution in [-0.4, -0.2) is 36.7 Å². The molecule has 0 aliphatic carbocycles. The van der Waals surface area contributed by atoms with Gasteiger partial charge in [-0.2, -0.15) is 26.3 Å². The molecule has 1 aliphatic heterocycles. The summed E-state index contributed by atoms with van der Waals surface area (Å²) in [4.78, 5) is 7.15. The lowest BCUT2D eigenvalue weighted by atomic mass is 10.2. The van der Waals surface area contributed by atoms with Gasteiger partial charge in [0.2, 0.25) is 0 Å². The minimum Gasteiger partial charge on any atom is -0.355 e. The van der Waals surface area contributed by atoms with Crippen molar-refractivity contribution in [1.82, 2.24) is 9.97 Å². The van der Waals surface area contributed by atoms with Crippen molar-refractivity contribution in [2.45, 2.75) is 28.9 Å². The van der Waals surface area contributed by atoms with Crippen LogP contribution < -0.4 is 4.90 Å². The summed E-state index contributed by atoms with van der Waals surface area (Å²) in [5.41, 5.74) is -2.43. The summed E-state index contributed by atoms with van der Waals surface area (Å²) in [7, 11) is -4.43. The SMILES string of the molecule is O=S(=O)(c1ccccc1C(F)(F)F)[C@H]1CCN(c2ncncc2C(F)(F)F)C1. The quantitative estimate of drug-likeness (QED) is 0.704. The number of halogens is 6. The fourth-order valence-electron chi connectivity index (χ4n) is 3.08. The fourth-order valence-corrected chi connectivity index (χ4v) is 4.99. The highest BCUT2D eigenvalue weighted by Crippen LogP contribution is 2.39. The number of hydrogen-bond donors (Lipinski definition) is 0. The van der Waals surface area contributed by atoms with Gasteiger partial charge in [0.15, 0.2) is 9.84 Å². The summed E-state index contributed by atoms with van der Waals surface area (Å²) in [5, 5.41) is -1.30. The van der Waals surface area contributed by atoms with Crippen LogP contribution in [0.25, 0.3) is 0 Å². The van der Waals surface area contributed by atoms with Gasteiger partial charge in [0, 0.05) is 19.3 Å². The van der Waals surface area contributed by atoms with Gasteiger partial charge in [0.25, 0.3) is 0 Å². The summed E-state index contributed by atoms with van der Waals surface area (Å²) in [5.74, 6) is -0.496. The number of anilines is 1. The maximum absolute atomic E-state index is 13.2. The molecule has 0 bridgehead atoms. The largest absolute Gasteiger partial charge is 0.421 e. The molecule has 152 valence electrons. The van der Waals surface area contributed by atoms with E-state index in [1.165, 1.54) is 6.07 Å². The lowest BCUT2D eigenvalue weighted by Gasteiger charge is -2.21. The number of alkyl halides is 6. The molecule has 5 nitrogen and oxygen atoms in total. The first kappa shape index (κ1) is 20.4. The van der Waals surface area contributed by atoms with Crippen molar-refractivity contribution < 1.29 is 34.8 Å². The van der Waals surface area contributed by atoms with E-state index in [-0.39, 0.29) is 13.0 Å². The molecule has 0 amide bonds. The van der Waals surface area contributed by atoms with E-state index in [0.29, 0.717) is 12.3 Å². The van der Waals surface area contributed by atoms with Crippen LogP contribution in [0.1, 0.15) is 17.5 Å². The summed E-state index contributed by atoms with van der Waals surface area (Å²) < 4.78 is 104. The number of aromatic nitrogens is 2. The summed E-state index contributed by atoms with van der Waals surface area (Å²) in [6, 6.07) is 3.75. The van der Waals surface area contributed by atoms with Crippen molar-refractivity contribution in [2.75, 3.05) is 18.0 Å². The number of benzene rings is 1. The number of rotatable bonds is 3. The van der Waals surface area contributed by atoms with Gasteiger partial charge in [-0.05, 0) is 18.6 Å². The number of nitrogens with zero attached hydrogens (tertiary/aromatic N) is 3. The molecule has 1 atom stereocenters. The van der Waals surface area contributed by atoms with Gasteiger partial charge in [-0.15, -0.1) is 0 Å². The molecule has 1 aliphatic rings. The molecule has 1 fully saturated rings. The second-order valence-corrected chi connectivity index (χ2v) is 8.35. The van der Waals surface area contributed by atoms with Crippen LogP contribution in [-0.2, 0) is 22.2 Å². The predicted octanol–water partition coefficient (Wildman–Crippen LogP) is 3.57. The molecule has 3 rings (SSSR count). The Balaban J connectivity index is 1.94. The van der Waals surface area contributed by atoms with Crippen molar-refractivity contribution in [1.29, 1.82) is 0 Å². The molecule has 2 heterocycles. The van der Waals surface area contributed by atoms with Crippen LogP contribution in [0.2, 0.25) is 0 Å². The lowest BCUT2D eigenvalue weighted by molar-refractivity contribution is -0.140. The molecular formula is C16H13F6N3O2S. The van der Waals surface area contributed by atoms with Gasteiger partial charge in [0.1, 0.15) is 17.7 Å². The van der Waals surface area contributed by atoms with E-state index in [1.807, 2.05) is 0 Å². The molecule has 0 unspecified atom stereocenters. The fraction of sp³-hybridized carbons (Fsp3) is 0.375. The minimum atomic E-state index is -4.88. The third kappa shape index (κ3) is 3.77. The molecule has 0 spiro atoms. The van der Waals surface area contributed by atoms with Crippen LogP contribution in [0.4, 0.5) is 32.2 Å². The second kappa shape index (κ2) is 6.90. The first-order valence-corrected chi connectivity index (χ1v) is 9.49. The maximum Gasteiger partial charge on any atom is 0.421 e. The first-order valence-electron chi connectivity index (χ1n) is 7.94. The maximum atomic E-state index is 13.2. The zero-order chi connectivity index (χ0) is 20.7. The highest BCUT2D eigenvalue weighted by Gasteiger charge is 2.43. The number of hydrogen-bond acceptors (Lipinski definition) is 5. The molecule has 1 aromatic heterocycles. The van der Waals surface area contributed by atoms with Crippen LogP contribution >= 0.6 is 0 Å². The normalized spacial score (nSPS) is 18.5. The zero-order valence-corrected chi connectivity index (χ0v) is 14.8. The molecule has 12 heteroatoms. The van der Waals surface area contributed by atoms with E-state index < -0.39 is 55.8 Å². The average Bonchev–Trinajstić information content (AvgIpc) is 3.11. The van der Waals surface area contributed by atoms with E-state index in [4.69, 9.17) is 0 Å². The van der Waals surface area contributed by atoms with Crippen LogP contribution in [0.3, 0.4) is 0 Å². The summed E-state index contributed by atoms with van der Waals surface area (Å²) in [6.45, 7) is -0.507. The highest BCUT2D eigenvalue weighted by atomic mass is 32.2. The van der Waals surface area contributed by atoms with E-state index in [9.17, 15) is 34.8 Å². The summed E-state index contributed by atoms with van der Waals surface area (Å²) in [6.07, 6.45) is -8.29. The van der Waals surface area contributed by atoms with Gasteiger partial charge in [-0.1, -0.05) is 12.1 Å². The van der Waals surface area contributed by atoms with Gasteiger partial charge >= 0.3 is 12.4 Å². The van der Waals surface area contributed by atoms with Gasteiger partial charge in [-0.25, -0.2) is 18.4 Å².